The van der Waals surface area contributed by atoms with E-state index in [1.165, 1.54) is 0 Å². The summed E-state index contributed by atoms with van der Waals surface area (Å²) in [7, 11) is 1.71. The van der Waals surface area contributed by atoms with Crippen molar-refractivity contribution in [3.05, 3.63) is 95.7 Å². The van der Waals surface area contributed by atoms with Crippen LogP contribution >= 0.6 is 0 Å². The fourth-order valence-corrected chi connectivity index (χ4v) is 7.42. The van der Waals surface area contributed by atoms with Gasteiger partial charge in [0, 0.05) is 75.1 Å². The number of carbonyl (C=O) groups is 4. The summed E-state index contributed by atoms with van der Waals surface area (Å²) in [6.45, 7) is 8.33. The fourth-order valence-electron chi connectivity index (χ4n) is 7.42. The summed E-state index contributed by atoms with van der Waals surface area (Å²) in [6.07, 6.45) is 5.03. The lowest BCUT2D eigenvalue weighted by atomic mass is 9.79. The normalized spacial score (nSPS) is 17.3. The molecule has 3 amide bonds. The second kappa shape index (κ2) is 16.9. The molecule has 2 heterocycles. The van der Waals surface area contributed by atoms with Crippen molar-refractivity contribution in [2.24, 2.45) is 5.92 Å². The van der Waals surface area contributed by atoms with Gasteiger partial charge in [0.05, 0.1) is 12.3 Å². The number of fused-ring (bicyclic) bond motifs is 1. The van der Waals surface area contributed by atoms with Crippen molar-refractivity contribution in [1.29, 1.82) is 0 Å². The van der Waals surface area contributed by atoms with Crippen LogP contribution in [0.1, 0.15) is 80.3 Å². The Morgan fingerprint density at radius 3 is 2.41 bits per heavy atom. The number of hydrogen-bond donors (Lipinski definition) is 2. The number of carbonyl (C=O) groups excluding carboxylic acids is 3. The van der Waals surface area contributed by atoms with E-state index in [1.807, 2.05) is 57.2 Å². The number of rotatable bonds is 14. The van der Waals surface area contributed by atoms with Crippen LogP contribution in [0, 0.1) is 5.92 Å². The molecule has 2 atom stereocenters. The molecule has 1 aromatic heterocycles. The van der Waals surface area contributed by atoms with Crippen LogP contribution in [0.25, 0.3) is 22.0 Å². The van der Waals surface area contributed by atoms with E-state index in [1.54, 1.807) is 24.1 Å². The van der Waals surface area contributed by atoms with E-state index in [4.69, 9.17) is 14.6 Å². The number of aromatic nitrogens is 1. The standard InChI is InChI=1S/C43H52N4O7/c1-43(2,3)54-42(52)46-23-20-35(32-10-7-9-31(25-32)29-13-15-30(16-14-29)40(50)44-21-19-39(48)49)37(28-46)41(51)47(34-17-18-34)27-33-26-45(22-8-24-53-4)38-12-6-5-11-36(33)38/h5-7,9-16,25-26,34-35,37H,8,17-24,27-28H2,1-4H3,(H,44,50)(H,48,49)/t35-,37+/m1/s1. The van der Waals surface area contributed by atoms with Gasteiger partial charge in [0.1, 0.15) is 5.60 Å². The first-order valence-corrected chi connectivity index (χ1v) is 19.0. The predicted molar refractivity (Wildman–Crippen MR) is 207 cm³/mol. The summed E-state index contributed by atoms with van der Waals surface area (Å²) in [5.74, 6) is -1.86. The Kier molecular flexibility index (Phi) is 12.1. The minimum Gasteiger partial charge on any atom is -0.481 e. The van der Waals surface area contributed by atoms with Crippen LogP contribution in [0.5, 0.6) is 0 Å². The van der Waals surface area contributed by atoms with Gasteiger partial charge in [-0.2, -0.15) is 0 Å². The number of aliphatic carboxylic acids is 1. The van der Waals surface area contributed by atoms with Crippen LogP contribution in [-0.4, -0.2) is 88.3 Å². The Hall–Kier alpha value is -5.16. The number of nitrogens with zero attached hydrogens (tertiary/aromatic N) is 3. The van der Waals surface area contributed by atoms with Gasteiger partial charge < -0.3 is 34.3 Å². The van der Waals surface area contributed by atoms with E-state index in [0.717, 1.165) is 59.0 Å². The predicted octanol–water partition coefficient (Wildman–Crippen LogP) is 7.08. The maximum absolute atomic E-state index is 15.0. The molecule has 4 aromatic rings. The highest BCUT2D eigenvalue weighted by molar-refractivity contribution is 5.95. The quantitative estimate of drug-likeness (QED) is 0.132. The SMILES string of the molecule is COCCCn1cc(CN(C(=O)[C@H]2CN(C(=O)OC(C)(C)C)CC[C@@H]2c2cccc(-c3ccc(C(=O)NCCC(=O)O)cc3)c2)C2CC2)c2ccccc21. The van der Waals surface area contributed by atoms with Crippen LogP contribution in [0.15, 0.2) is 79.0 Å². The number of methoxy groups -OCH3 is 1. The van der Waals surface area contributed by atoms with E-state index >= 15 is 0 Å². The second-order valence-corrected chi connectivity index (χ2v) is 15.4. The molecule has 1 aliphatic carbocycles. The lowest BCUT2D eigenvalue weighted by molar-refractivity contribution is -0.139. The van der Waals surface area contributed by atoms with Gasteiger partial charge in [0.15, 0.2) is 0 Å². The third-order valence-corrected chi connectivity index (χ3v) is 10.2. The summed E-state index contributed by atoms with van der Waals surface area (Å²) in [4.78, 5) is 55.5. The zero-order chi connectivity index (χ0) is 38.4. The number of benzene rings is 3. The Labute approximate surface area is 317 Å². The largest absolute Gasteiger partial charge is 0.481 e. The Balaban J connectivity index is 1.27. The number of nitrogens with one attached hydrogen (secondary N) is 1. The molecule has 286 valence electrons. The summed E-state index contributed by atoms with van der Waals surface area (Å²) in [5.41, 5.74) is 4.92. The molecule has 2 fully saturated rings. The highest BCUT2D eigenvalue weighted by Crippen LogP contribution is 2.40. The van der Waals surface area contributed by atoms with E-state index < -0.39 is 23.6 Å². The molecule has 0 bridgehead atoms. The molecule has 11 nitrogen and oxygen atoms in total. The van der Waals surface area contributed by atoms with E-state index in [2.05, 4.69) is 45.2 Å². The van der Waals surface area contributed by atoms with Crippen molar-refractivity contribution in [3.8, 4) is 11.1 Å². The van der Waals surface area contributed by atoms with Crippen molar-refractivity contribution in [2.45, 2.75) is 83.5 Å². The van der Waals surface area contributed by atoms with Crippen LogP contribution in [0.2, 0.25) is 0 Å². The third kappa shape index (κ3) is 9.49. The van der Waals surface area contributed by atoms with Crippen LogP contribution in [-0.2, 0) is 32.2 Å². The molecular weight excluding hydrogens is 684 g/mol. The monoisotopic (exact) mass is 736 g/mol. The number of hydrogen-bond acceptors (Lipinski definition) is 6. The highest BCUT2D eigenvalue weighted by Gasteiger charge is 2.43. The lowest BCUT2D eigenvalue weighted by Gasteiger charge is -2.40. The Bertz CT molecular complexity index is 1960. The second-order valence-electron chi connectivity index (χ2n) is 15.4. The van der Waals surface area contributed by atoms with Gasteiger partial charge in [-0.15, -0.1) is 0 Å². The van der Waals surface area contributed by atoms with Gasteiger partial charge in [-0.3, -0.25) is 14.4 Å². The maximum atomic E-state index is 15.0. The van der Waals surface area contributed by atoms with Crippen molar-refractivity contribution in [3.63, 3.8) is 0 Å². The van der Waals surface area contributed by atoms with Crippen LogP contribution in [0.3, 0.4) is 0 Å². The molecule has 1 aliphatic heterocycles. The van der Waals surface area contributed by atoms with E-state index in [-0.39, 0.29) is 43.3 Å². The Morgan fingerprint density at radius 1 is 0.944 bits per heavy atom. The topological polar surface area (TPSA) is 130 Å². The minimum atomic E-state index is -0.969. The number of para-hydroxylation sites is 1. The highest BCUT2D eigenvalue weighted by atomic mass is 16.6. The van der Waals surface area contributed by atoms with Gasteiger partial charge >= 0.3 is 12.1 Å². The molecule has 1 saturated heterocycles. The van der Waals surface area contributed by atoms with Crippen molar-refractivity contribution in [1.82, 2.24) is 19.7 Å². The molecule has 0 unspecified atom stereocenters. The zero-order valence-electron chi connectivity index (χ0n) is 31.8. The smallest absolute Gasteiger partial charge is 0.410 e. The minimum absolute atomic E-state index is 0.0515. The van der Waals surface area contributed by atoms with E-state index in [9.17, 15) is 19.2 Å². The molecule has 0 spiro atoms. The molecule has 0 radical (unpaired) electrons. The summed E-state index contributed by atoms with van der Waals surface area (Å²) < 4.78 is 13.4. The van der Waals surface area contributed by atoms with Crippen molar-refractivity contribution >= 4 is 34.8 Å². The fraction of sp³-hybridized carbons (Fsp3) is 0.442. The molecule has 1 saturated carbocycles. The van der Waals surface area contributed by atoms with E-state index in [0.29, 0.717) is 31.7 Å². The summed E-state index contributed by atoms with van der Waals surface area (Å²) >= 11 is 0. The number of piperidine rings is 1. The lowest BCUT2D eigenvalue weighted by Crippen LogP contribution is -2.51. The van der Waals surface area contributed by atoms with Crippen LogP contribution < -0.4 is 5.32 Å². The number of likely N-dealkylation sites (tertiary alicyclic amines) is 1. The molecule has 3 aromatic carbocycles. The first-order chi connectivity index (χ1) is 25.9. The summed E-state index contributed by atoms with van der Waals surface area (Å²) in [5, 5.41) is 12.7. The first-order valence-electron chi connectivity index (χ1n) is 19.0. The van der Waals surface area contributed by atoms with Gasteiger partial charge in [-0.1, -0.05) is 54.6 Å². The van der Waals surface area contributed by atoms with Gasteiger partial charge in [0.2, 0.25) is 5.91 Å². The third-order valence-electron chi connectivity index (χ3n) is 10.2. The molecule has 54 heavy (non-hydrogen) atoms. The molecule has 6 rings (SSSR count). The van der Waals surface area contributed by atoms with Gasteiger partial charge in [-0.05, 0) is 92.8 Å². The molecule has 11 heteroatoms. The number of ether oxygens (including phenoxy) is 2. The van der Waals surface area contributed by atoms with Gasteiger partial charge in [-0.25, -0.2) is 4.79 Å². The first kappa shape index (κ1) is 38.6. The Morgan fingerprint density at radius 2 is 1.70 bits per heavy atom. The summed E-state index contributed by atoms with van der Waals surface area (Å²) in [6, 6.07) is 23.9. The maximum Gasteiger partial charge on any atom is 0.410 e. The van der Waals surface area contributed by atoms with Crippen molar-refractivity contribution in [2.75, 3.05) is 33.4 Å². The zero-order valence-corrected chi connectivity index (χ0v) is 31.8. The average molecular weight is 737 g/mol. The number of carboxylic acids is 1. The van der Waals surface area contributed by atoms with Crippen molar-refractivity contribution < 1.29 is 33.8 Å². The molecule has 2 aliphatic rings. The molecular formula is C43H52N4O7. The average Bonchev–Trinajstić information content (AvgIpc) is 3.94. The number of aryl methyl sites for hydroxylation is 1. The number of amides is 3. The molecule has 2 N–H and O–H groups in total. The number of carboxylic acid groups (broad SMARTS) is 1. The van der Waals surface area contributed by atoms with Gasteiger partial charge in [0.25, 0.3) is 5.91 Å². The van der Waals surface area contributed by atoms with Crippen LogP contribution in [0.4, 0.5) is 4.79 Å².